The van der Waals surface area contributed by atoms with Crippen molar-refractivity contribution in [2.75, 3.05) is 61.6 Å². The van der Waals surface area contributed by atoms with Gasteiger partial charge in [-0.2, -0.15) is 0 Å². The maximum absolute atomic E-state index is 12.0. The average Bonchev–Trinajstić information content (AvgIpc) is 2.64. The first-order valence-corrected chi connectivity index (χ1v) is 8.19. The van der Waals surface area contributed by atoms with Crippen molar-refractivity contribution in [3.8, 4) is 0 Å². The van der Waals surface area contributed by atoms with E-state index in [1.807, 2.05) is 23.1 Å². The lowest BCUT2D eigenvalue weighted by atomic mass is 10.1. The summed E-state index contributed by atoms with van der Waals surface area (Å²) < 4.78 is 4.99. The fourth-order valence-electron chi connectivity index (χ4n) is 2.98. The number of aromatic nitrogens is 1. The third-order valence-corrected chi connectivity index (χ3v) is 4.28. The molecule has 2 aromatic rings. The van der Waals surface area contributed by atoms with Crippen molar-refractivity contribution >= 4 is 17.2 Å². The van der Waals surface area contributed by atoms with E-state index in [0.717, 1.165) is 25.3 Å². The van der Waals surface area contributed by atoms with E-state index in [1.165, 1.54) is 0 Å². The molecule has 1 aromatic heterocycles. The van der Waals surface area contributed by atoms with Crippen LogP contribution in [0, 0.1) is 0 Å². The van der Waals surface area contributed by atoms with Crippen LogP contribution in [0.1, 0.15) is 6.42 Å². The van der Waals surface area contributed by atoms with Crippen LogP contribution in [-0.4, -0.2) is 51.4 Å². The monoisotopic (exact) mass is 330 g/mol. The molecule has 128 valence electrons. The van der Waals surface area contributed by atoms with Crippen molar-refractivity contribution in [1.82, 2.24) is 4.98 Å². The van der Waals surface area contributed by atoms with Crippen LogP contribution in [0.3, 0.4) is 0 Å². The molecule has 0 saturated carbocycles. The quantitative estimate of drug-likeness (QED) is 0.584. The molecule has 0 atom stereocenters. The molecule has 0 aliphatic carbocycles. The first-order chi connectivity index (χ1) is 11.7. The Hall–Kier alpha value is -2.41. The summed E-state index contributed by atoms with van der Waals surface area (Å²) in [5.41, 5.74) is 0.213. The van der Waals surface area contributed by atoms with Gasteiger partial charge in [0.15, 0.2) is 0 Å². The highest BCUT2D eigenvalue weighted by Crippen LogP contribution is 2.22. The molecular weight excluding hydrogens is 308 g/mol. The molecule has 2 heterocycles. The predicted molar refractivity (Wildman–Crippen MR) is 95.0 cm³/mol. The van der Waals surface area contributed by atoms with Gasteiger partial charge in [-0.05, 0) is 18.6 Å². The zero-order chi connectivity index (χ0) is 16.9. The molecule has 0 unspecified atom stereocenters. The Balaban J connectivity index is 1.61. The van der Waals surface area contributed by atoms with E-state index in [4.69, 9.17) is 4.74 Å². The Labute approximate surface area is 140 Å². The zero-order valence-electron chi connectivity index (χ0n) is 13.8. The van der Waals surface area contributed by atoms with Gasteiger partial charge >= 0.3 is 0 Å². The zero-order valence-corrected chi connectivity index (χ0v) is 13.8. The van der Waals surface area contributed by atoms with Gasteiger partial charge in [-0.1, -0.05) is 6.07 Å². The summed E-state index contributed by atoms with van der Waals surface area (Å²) in [4.78, 5) is 32.3. The number of ether oxygens (including phenoxy) is 1. The minimum Gasteiger partial charge on any atom is -0.385 e. The largest absolute Gasteiger partial charge is 0.385 e. The van der Waals surface area contributed by atoms with E-state index in [2.05, 4.69) is 15.2 Å². The second kappa shape index (κ2) is 7.44. The topological polar surface area (TPSA) is 74.8 Å². The van der Waals surface area contributed by atoms with E-state index in [1.54, 1.807) is 13.3 Å². The molecule has 7 heteroatoms. The molecule has 1 fully saturated rings. The summed E-state index contributed by atoms with van der Waals surface area (Å²) in [6, 6.07) is 5.84. The van der Waals surface area contributed by atoms with Crippen LogP contribution in [0.25, 0.3) is 0 Å². The van der Waals surface area contributed by atoms with Gasteiger partial charge in [0.25, 0.3) is 10.9 Å². The van der Waals surface area contributed by atoms with Gasteiger partial charge in [0.05, 0.1) is 0 Å². The molecule has 1 saturated heterocycles. The highest BCUT2D eigenvalue weighted by Gasteiger charge is 2.28. The van der Waals surface area contributed by atoms with Crippen LogP contribution in [0.5, 0.6) is 0 Å². The average molecular weight is 330 g/mol. The third kappa shape index (κ3) is 3.26. The Bertz CT molecular complexity index is 732. The number of anilines is 3. The van der Waals surface area contributed by atoms with E-state index >= 15 is 0 Å². The Morgan fingerprint density at radius 1 is 1.12 bits per heavy atom. The maximum atomic E-state index is 12.0. The van der Waals surface area contributed by atoms with Crippen molar-refractivity contribution in [2.24, 2.45) is 0 Å². The lowest BCUT2D eigenvalue weighted by Gasteiger charge is -2.37. The lowest BCUT2D eigenvalue weighted by Crippen LogP contribution is -2.51. The van der Waals surface area contributed by atoms with Crippen molar-refractivity contribution in [2.45, 2.75) is 6.42 Å². The summed E-state index contributed by atoms with van der Waals surface area (Å²) >= 11 is 0. The Kier molecular flexibility index (Phi) is 5.10. The molecule has 24 heavy (non-hydrogen) atoms. The highest BCUT2D eigenvalue weighted by molar-refractivity contribution is 5.75. The molecule has 1 aliphatic heterocycles. The van der Waals surface area contributed by atoms with E-state index < -0.39 is 5.43 Å². The van der Waals surface area contributed by atoms with Crippen LogP contribution < -0.4 is 26.0 Å². The van der Waals surface area contributed by atoms with Crippen molar-refractivity contribution in [3.63, 3.8) is 0 Å². The molecule has 0 spiro atoms. The molecule has 0 amide bonds. The van der Waals surface area contributed by atoms with Gasteiger partial charge in [0.1, 0.15) is 17.2 Å². The molecule has 1 aliphatic rings. The summed E-state index contributed by atoms with van der Waals surface area (Å²) in [6.07, 6.45) is 2.57. The Morgan fingerprint density at radius 3 is 2.54 bits per heavy atom. The second-order valence-corrected chi connectivity index (χ2v) is 5.82. The number of methoxy groups -OCH3 is 1. The van der Waals surface area contributed by atoms with E-state index in [0.29, 0.717) is 37.6 Å². The van der Waals surface area contributed by atoms with Crippen molar-refractivity contribution in [3.05, 3.63) is 44.8 Å². The maximum Gasteiger partial charge on any atom is 0.253 e. The van der Waals surface area contributed by atoms with Crippen molar-refractivity contribution < 1.29 is 4.74 Å². The van der Waals surface area contributed by atoms with Crippen LogP contribution in [0.2, 0.25) is 0 Å². The first kappa shape index (κ1) is 16.4. The number of rotatable bonds is 7. The van der Waals surface area contributed by atoms with Gasteiger partial charge in [-0.15, -0.1) is 0 Å². The molecular formula is C17H22N4O3. The first-order valence-electron chi connectivity index (χ1n) is 8.19. The Morgan fingerprint density at radius 2 is 1.88 bits per heavy atom. The molecule has 1 N–H and O–H groups in total. The van der Waals surface area contributed by atoms with Gasteiger partial charge < -0.3 is 19.9 Å². The number of nitrogens with zero attached hydrogens (tertiary/aromatic N) is 3. The fourth-order valence-corrected chi connectivity index (χ4v) is 2.98. The van der Waals surface area contributed by atoms with Gasteiger partial charge in [-0.25, -0.2) is 4.98 Å². The molecule has 1 aromatic carbocycles. The van der Waals surface area contributed by atoms with E-state index in [9.17, 15) is 9.59 Å². The van der Waals surface area contributed by atoms with Gasteiger partial charge in [0, 0.05) is 52.6 Å². The number of piperazine rings is 1. The second-order valence-electron chi connectivity index (χ2n) is 5.82. The SMILES string of the molecule is COCCCNc1c(N2CCN(c3ccccn3)CC2)c(=O)c1=O. The normalized spacial score (nSPS) is 15.0. The molecule has 0 radical (unpaired) electrons. The smallest absolute Gasteiger partial charge is 0.253 e. The van der Waals surface area contributed by atoms with Gasteiger partial charge in [0.2, 0.25) is 0 Å². The van der Waals surface area contributed by atoms with E-state index in [-0.39, 0.29) is 5.43 Å². The molecule has 7 nitrogen and oxygen atoms in total. The predicted octanol–water partition coefficient (Wildman–Crippen LogP) is 0.453. The number of pyridine rings is 1. The molecule has 3 rings (SSSR count). The van der Waals surface area contributed by atoms with Crippen LogP contribution in [-0.2, 0) is 4.74 Å². The summed E-state index contributed by atoms with van der Waals surface area (Å²) in [6.45, 7) is 4.21. The number of hydrogen-bond acceptors (Lipinski definition) is 7. The lowest BCUT2D eigenvalue weighted by molar-refractivity contribution is 0.198. The highest BCUT2D eigenvalue weighted by atomic mass is 16.5. The summed E-state index contributed by atoms with van der Waals surface area (Å²) in [7, 11) is 1.64. The number of nitrogens with one attached hydrogen (secondary N) is 1. The summed E-state index contributed by atoms with van der Waals surface area (Å²) in [5.74, 6) is 0.944. The number of hydrogen-bond donors (Lipinski definition) is 1. The van der Waals surface area contributed by atoms with Crippen LogP contribution >= 0.6 is 0 Å². The van der Waals surface area contributed by atoms with Crippen LogP contribution in [0.15, 0.2) is 34.0 Å². The minimum atomic E-state index is -0.408. The standard InChI is InChI=1S/C17H22N4O3/c1-24-12-4-7-19-14-15(17(23)16(14)22)21-10-8-20(9-11-21)13-5-2-3-6-18-13/h2-3,5-6,19H,4,7-12H2,1H3. The van der Waals surface area contributed by atoms with Gasteiger partial charge in [-0.3, -0.25) is 9.59 Å². The van der Waals surface area contributed by atoms with Crippen molar-refractivity contribution in [1.29, 1.82) is 0 Å². The third-order valence-electron chi connectivity index (χ3n) is 4.28. The fraction of sp³-hybridized carbons (Fsp3) is 0.471. The summed E-state index contributed by atoms with van der Waals surface area (Å²) in [5, 5.41) is 3.09. The van der Waals surface area contributed by atoms with Crippen LogP contribution in [0.4, 0.5) is 17.2 Å². The molecule has 0 bridgehead atoms. The minimum absolute atomic E-state index is 0.379.